The van der Waals surface area contributed by atoms with E-state index in [0.29, 0.717) is 5.89 Å². The molecular weight excluding hydrogens is 384 g/mol. The highest BCUT2D eigenvalue weighted by molar-refractivity contribution is 7.99. The minimum absolute atomic E-state index is 0.00387. The van der Waals surface area contributed by atoms with Crippen molar-refractivity contribution in [3.63, 3.8) is 0 Å². The Kier molecular flexibility index (Phi) is 6.61. The number of thioether (sulfide) groups is 1. The van der Waals surface area contributed by atoms with E-state index >= 15 is 0 Å². The minimum atomic E-state index is 0.00387. The van der Waals surface area contributed by atoms with Gasteiger partial charge in [0.05, 0.1) is 11.8 Å². The van der Waals surface area contributed by atoms with Gasteiger partial charge in [0.25, 0.3) is 0 Å². The van der Waals surface area contributed by atoms with Crippen molar-refractivity contribution in [3.05, 3.63) is 47.9 Å². The van der Waals surface area contributed by atoms with E-state index in [9.17, 15) is 0 Å². The van der Waals surface area contributed by atoms with Gasteiger partial charge >= 0.3 is 0 Å². The zero-order valence-corrected chi connectivity index (χ0v) is 17.9. The predicted molar refractivity (Wildman–Crippen MR) is 113 cm³/mol. The fourth-order valence-electron chi connectivity index (χ4n) is 3.53. The molecule has 1 unspecified atom stereocenters. The highest BCUT2D eigenvalue weighted by Crippen LogP contribution is 2.34. The molecule has 29 heavy (non-hydrogen) atoms. The summed E-state index contributed by atoms with van der Waals surface area (Å²) in [5, 5.41) is 14.0. The maximum Gasteiger partial charge on any atom is 0.239 e. The summed E-state index contributed by atoms with van der Waals surface area (Å²) >= 11 is 1.61. The predicted octanol–water partition coefficient (Wildman–Crippen LogP) is 4.44. The van der Waals surface area contributed by atoms with Crippen molar-refractivity contribution in [2.24, 2.45) is 0 Å². The third-order valence-electron chi connectivity index (χ3n) is 5.15. The van der Waals surface area contributed by atoms with Gasteiger partial charge in [0.2, 0.25) is 5.89 Å². The van der Waals surface area contributed by atoms with Crippen molar-refractivity contribution in [1.82, 2.24) is 29.8 Å². The van der Waals surface area contributed by atoms with E-state index in [1.54, 1.807) is 11.8 Å². The quantitative estimate of drug-likeness (QED) is 0.481. The Labute approximate surface area is 175 Å². The lowest BCUT2D eigenvalue weighted by atomic mass is 10.2. The van der Waals surface area contributed by atoms with E-state index in [1.807, 2.05) is 18.2 Å². The van der Waals surface area contributed by atoms with Gasteiger partial charge in [-0.15, -0.1) is 10.2 Å². The largest absolute Gasteiger partial charge is 0.338 e. The Balaban J connectivity index is 1.56. The highest BCUT2D eigenvalue weighted by atomic mass is 32.2. The van der Waals surface area contributed by atoms with Crippen LogP contribution in [-0.4, -0.2) is 42.9 Å². The van der Waals surface area contributed by atoms with E-state index in [0.717, 1.165) is 61.4 Å². The number of hydrogen-bond donors (Lipinski definition) is 0. The maximum absolute atomic E-state index is 5.51. The average molecular weight is 413 g/mol. The number of hydrogen-bond acceptors (Lipinski definition) is 7. The molecule has 0 N–H and O–H groups in total. The van der Waals surface area contributed by atoms with Crippen molar-refractivity contribution in [3.8, 4) is 5.69 Å². The number of aromatic nitrogens is 5. The van der Waals surface area contributed by atoms with Crippen molar-refractivity contribution in [2.45, 2.75) is 62.9 Å². The number of nitrogens with zero attached hydrogens (tertiary/aromatic N) is 6. The monoisotopic (exact) mass is 412 g/mol. The molecule has 1 atom stereocenters. The molecule has 4 rings (SSSR count). The van der Waals surface area contributed by atoms with Gasteiger partial charge in [-0.3, -0.25) is 9.47 Å². The molecule has 0 aliphatic carbocycles. The number of likely N-dealkylation sites (tertiary alicyclic amines) is 1. The van der Waals surface area contributed by atoms with Crippen LogP contribution in [0.15, 0.2) is 40.0 Å². The van der Waals surface area contributed by atoms with Crippen LogP contribution in [0.25, 0.3) is 5.69 Å². The van der Waals surface area contributed by atoms with Crippen LogP contribution in [-0.2, 0) is 13.0 Å². The molecule has 2 aromatic heterocycles. The summed E-state index contributed by atoms with van der Waals surface area (Å²) in [5.41, 5.74) is 1.08. The van der Waals surface area contributed by atoms with Crippen molar-refractivity contribution in [2.75, 3.05) is 13.1 Å². The number of aryl methyl sites for hydroxylation is 1. The van der Waals surface area contributed by atoms with Gasteiger partial charge in [-0.2, -0.15) is 4.98 Å². The van der Waals surface area contributed by atoms with E-state index < -0.39 is 0 Å². The second kappa shape index (κ2) is 9.54. The SMILES string of the molecule is CCCCc1noc(C(C)Sc2nnc(CN3CCCC3)n2-c2ccccc2)n1. The molecule has 3 aromatic rings. The van der Waals surface area contributed by atoms with Crippen LogP contribution in [0.2, 0.25) is 0 Å². The molecule has 1 fully saturated rings. The van der Waals surface area contributed by atoms with E-state index in [4.69, 9.17) is 4.52 Å². The minimum Gasteiger partial charge on any atom is -0.338 e. The lowest BCUT2D eigenvalue weighted by Gasteiger charge is -2.16. The van der Waals surface area contributed by atoms with Gasteiger partial charge in [-0.05, 0) is 51.4 Å². The highest BCUT2D eigenvalue weighted by Gasteiger charge is 2.23. The van der Waals surface area contributed by atoms with Gasteiger partial charge in [-0.1, -0.05) is 48.5 Å². The summed E-state index contributed by atoms with van der Waals surface area (Å²) in [6.07, 6.45) is 5.57. The van der Waals surface area contributed by atoms with Crippen molar-refractivity contribution < 1.29 is 4.52 Å². The zero-order chi connectivity index (χ0) is 20.1. The molecule has 0 amide bonds. The maximum atomic E-state index is 5.51. The molecule has 7 nitrogen and oxygen atoms in total. The Morgan fingerprint density at radius 1 is 1.14 bits per heavy atom. The Morgan fingerprint density at radius 2 is 1.93 bits per heavy atom. The van der Waals surface area contributed by atoms with Crippen molar-refractivity contribution in [1.29, 1.82) is 0 Å². The Hall–Kier alpha value is -2.19. The molecule has 0 radical (unpaired) electrons. The molecule has 1 aliphatic rings. The number of unbranched alkanes of at least 4 members (excludes halogenated alkanes) is 1. The first-order chi connectivity index (χ1) is 14.2. The molecule has 3 heterocycles. The summed E-state index contributed by atoms with van der Waals surface area (Å²) in [4.78, 5) is 7.02. The first-order valence-electron chi connectivity index (χ1n) is 10.5. The summed E-state index contributed by atoms with van der Waals surface area (Å²) in [7, 11) is 0. The smallest absolute Gasteiger partial charge is 0.239 e. The summed E-state index contributed by atoms with van der Waals surface area (Å²) in [6.45, 7) is 7.31. The number of rotatable bonds is 9. The Morgan fingerprint density at radius 3 is 2.69 bits per heavy atom. The lowest BCUT2D eigenvalue weighted by Crippen LogP contribution is -2.21. The normalized spacial score (nSPS) is 15.8. The van der Waals surface area contributed by atoms with E-state index in [-0.39, 0.29) is 5.25 Å². The average Bonchev–Trinajstić information content (AvgIpc) is 3.49. The molecule has 8 heteroatoms. The molecule has 0 saturated carbocycles. The van der Waals surface area contributed by atoms with Crippen LogP contribution in [0.3, 0.4) is 0 Å². The second-order valence-electron chi connectivity index (χ2n) is 7.47. The van der Waals surface area contributed by atoms with Crippen LogP contribution in [0.4, 0.5) is 0 Å². The van der Waals surface area contributed by atoms with Crippen LogP contribution in [0.1, 0.15) is 62.3 Å². The van der Waals surface area contributed by atoms with E-state index in [1.165, 1.54) is 12.8 Å². The van der Waals surface area contributed by atoms with Gasteiger partial charge in [0, 0.05) is 12.1 Å². The third kappa shape index (κ3) is 4.87. The second-order valence-corrected chi connectivity index (χ2v) is 8.77. The summed E-state index contributed by atoms with van der Waals surface area (Å²) in [5.74, 6) is 2.40. The Bertz CT molecular complexity index is 903. The molecule has 0 spiro atoms. The molecule has 154 valence electrons. The van der Waals surface area contributed by atoms with E-state index in [2.05, 4.69) is 55.8 Å². The zero-order valence-electron chi connectivity index (χ0n) is 17.1. The summed E-state index contributed by atoms with van der Waals surface area (Å²) in [6, 6.07) is 10.3. The molecular formula is C21H28N6OS. The fraction of sp³-hybridized carbons (Fsp3) is 0.524. The third-order valence-corrected chi connectivity index (χ3v) is 6.18. The molecule has 1 aliphatic heterocycles. The van der Waals surface area contributed by atoms with Gasteiger partial charge in [0.1, 0.15) is 0 Å². The van der Waals surface area contributed by atoms with Crippen molar-refractivity contribution >= 4 is 11.8 Å². The van der Waals surface area contributed by atoms with Crippen LogP contribution < -0.4 is 0 Å². The van der Waals surface area contributed by atoms with Gasteiger partial charge < -0.3 is 4.52 Å². The van der Waals surface area contributed by atoms with Gasteiger partial charge in [0.15, 0.2) is 16.8 Å². The van der Waals surface area contributed by atoms with Crippen LogP contribution >= 0.6 is 11.8 Å². The number of benzene rings is 1. The molecule has 1 aromatic carbocycles. The molecule has 0 bridgehead atoms. The first-order valence-corrected chi connectivity index (χ1v) is 11.3. The van der Waals surface area contributed by atoms with Gasteiger partial charge in [-0.25, -0.2) is 0 Å². The topological polar surface area (TPSA) is 72.9 Å². The summed E-state index contributed by atoms with van der Waals surface area (Å²) < 4.78 is 7.67. The number of para-hydroxylation sites is 1. The van der Waals surface area contributed by atoms with Crippen LogP contribution in [0.5, 0.6) is 0 Å². The fourth-order valence-corrected chi connectivity index (χ4v) is 4.45. The lowest BCUT2D eigenvalue weighted by molar-refractivity contribution is 0.319. The molecule has 1 saturated heterocycles. The standard InChI is InChI=1S/C21H28N6OS/c1-3-4-12-18-22-20(28-25-18)16(2)29-21-24-23-19(15-26-13-8-9-14-26)27(21)17-10-6-5-7-11-17/h5-7,10-11,16H,3-4,8-9,12-15H2,1-2H3. The van der Waals surface area contributed by atoms with Crippen LogP contribution in [0, 0.1) is 0 Å². The first kappa shape index (κ1) is 20.1.